The van der Waals surface area contributed by atoms with Crippen LogP contribution in [0.4, 0.5) is 0 Å². The molecular formula is C33H48N2O10. The predicted octanol–water partition coefficient (Wildman–Crippen LogP) is 1.99. The number of amides is 2. The molecule has 0 aliphatic heterocycles. The minimum absolute atomic E-state index is 0.0119. The van der Waals surface area contributed by atoms with E-state index in [1.807, 2.05) is 6.92 Å². The number of ketones is 2. The van der Waals surface area contributed by atoms with Gasteiger partial charge in [-0.3, -0.25) is 24.0 Å². The van der Waals surface area contributed by atoms with Crippen molar-refractivity contribution in [1.82, 2.24) is 10.6 Å². The normalized spacial score (nSPS) is 35.1. The average molecular weight is 633 g/mol. The SMILES string of the molecule is CCC[C@H](NC(=O)[C@H](C)NC(=O)CCC(=O)OCC(=O)[C@@]1(O)CC[C@@H]2[C@@H]3CCC4=CC(=O)CC[C@]4(C)[C@@H]3[C@@H](O)C[C@@]21C)C(=O)O. The standard InChI is InChI=1S/C33H48N2O10/c1-5-6-23(30(42)43)35-29(41)18(2)34-26(39)9-10-27(40)45-17-25(38)33(44)14-12-22-21-8-7-19-15-20(36)11-13-31(19,3)28(21)24(37)16-32(22,33)4/h15,18,21-24,28,37,44H,5-14,16-17H2,1-4H3,(H,34,39)(H,35,41)(H,42,43)/t18-,21-,22+,23-,24-,28-,31-,32-,33-/m0/s1. The van der Waals surface area contributed by atoms with E-state index in [0.717, 1.165) is 18.4 Å². The van der Waals surface area contributed by atoms with Crippen LogP contribution in [0.15, 0.2) is 11.6 Å². The lowest BCUT2D eigenvalue weighted by molar-refractivity contribution is -0.184. The van der Waals surface area contributed by atoms with Crippen molar-refractivity contribution in [3.05, 3.63) is 11.6 Å². The number of allylic oxidation sites excluding steroid dienone is 1. The summed E-state index contributed by atoms with van der Waals surface area (Å²) < 4.78 is 5.17. The number of carboxylic acids is 1. The first kappa shape index (κ1) is 34.7. The molecule has 5 N–H and O–H groups in total. The molecule has 2 amide bonds. The molecule has 12 nitrogen and oxygen atoms in total. The second kappa shape index (κ2) is 13.3. The molecule has 12 heteroatoms. The lowest BCUT2D eigenvalue weighted by Crippen LogP contribution is -2.62. The number of rotatable bonds is 12. The summed E-state index contributed by atoms with van der Waals surface area (Å²) in [6.07, 6.45) is 4.80. The molecule has 45 heavy (non-hydrogen) atoms. The second-order valence-electron chi connectivity index (χ2n) is 14.0. The van der Waals surface area contributed by atoms with E-state index >= 15 is 0 Å². The van der Waals surface area contributed by atoms with E-state index in [4.69, 9.17) is 4.74 Å². The number of hydrogen-bond donors (Lipinski definition) is 5. The van der Waals surface area contributed by atoms with E-state index in [2.05, 4.69) is 17.6 Å². The topological polar surface area (TPSA) is 196 Å². The zero-order valence-corrected chi connectivity index (χ0v) is 26.7. The molecule has 0 saturated heterocycles. The van der Waals surface area contributed by atoms with Gasteiger partial charge in [0.2, 0.25) is 17.6 Å². The van der Waals surface area contributed by atoms with Crippen LogP contribution in [-0.4, -0.2) is 81.0 Å². The zero-order valence-electron chi connectivity index (χ0n) is 26.7. The number of aliphatic carboxylic acids is 1. The highest BCUT2D eigenvalue weighted by atomic mass is 16.5. The minimum Gasteiger partial charge on any atom is -0.480 e. The Kier molecular flexibility index (Phi) is 10.3. The summed E-state index contributed by atoms with van der Waals surface area (Å²) in [5, 5.41) is 37.3. The second-order valence-corrected chi connectivity index (χ2v) is 14.0. The van der Waals surface area contributed by atoms with Crippen LogP contribution in [0.25, 0.3) is 0 Å². The van der Waals surface area contributed by atoms with E-state index in [1.54, 1.807) is 13.0 Å². The molecule has 9 atom stereocenters. The van der Waals surface area contributed by atoms with Gasteiger partial charge in [0.25, 0.3) is 0 Å². The lowest BCUT2D eigenvalue weighted by atomic mass is 9.45. The van der Waals surface area contributed by atoms with Gasteiger partial charge in [-0.05, 0) is 81.1 Å². The molecule has 0 aromatic rings. The summed E-state index contributed by atoms with van der Waals surface area (Å²) in [6.45, 7) is 6.51. The Morgan fingerprint density at radius 1 is 1.07 bits per heavy atom. The molecule has 4 aliphatic rings. The van der Waals surface area contributed by atoms with Gasteiger partial charge in [0.15, 0.2) is 12.4 Å². The summed E-state index contributed by atoms with van der Waals surface area (Å²) in [6, 6.07) is -2.10. The summed E-state index contributed by atoms with van der Waals surface area (Å²) in [5.74, 6) is -3.77. The molecule has 250 valence electrons. The minimum atomic E-state index is -1.78. The number of Topliss-reactive ketones (excluding diaryl/α,β-unsaturated/α-hetero) is 1. The molecule has 4 rings (SSSR count). The number of fused-ring (bicyclic) bond motifs is 5. The Bertz CT molecular complexity index is 1260. The van der Waals surface area contributed by atoms with E-state index in [0.29, 0.717) is 25.7 Å². The van der Waals surface area contributed by atoms with Crippen molar-refractivity contribution in [2.24, 2.45) is 28.6 Å². The molecule has 0 spiro atoms. The van der Waals surface area contributed by atoms with Crippen molar-refractivity contribution in [3.63, 3.8) is 0 Å². The van der Waals surface area contributed by atoms with Gasteiger partial charge in [-0.1, -0.05) is 32.8 Å². The molecule has 0 bridgehead atoms. The highest BCUT2D eigenvalue weighted by molar-refractivity contribution is 5.93. The van der Waals surface area contributed by atoms with Gasteiger partial charge >= 0.3 is 11.9 Å². The first-order chi connectivity index (χ1) is 21.1. The maximum absolute atomic E-state index is 13.4. The predicted molar refractivity (Wildman–Crippen MR) is 160 cm³/mol. The summed E-state index contributed by atoms with van der Waals surface area (Å²) in [4.78, 5) is 73.9. The van der Waals surface area contributed by atoms with Crippen LogP contribution in [0.2, 0.25) is 0 Å². The van der Waals surface area contributed by atoms with E-state index < -0.39 is 65.3 Å². The number of carbonyl (C=O) groups is 6. The third-order valence-corrected chi connectivity index (χ3v) is 11.4. The van der Waals surface area contributed by atoms with Crippen LogP contribution in [0, 0.1) is 28.6 Å². The molecule has 3 fully saturated rings. The van der Waals surface area contributed by atoms with Gasteiger partial charge in [-0.2, -0.15) is 0 Å². The van der Waals surface area contributed by atoms with Gasteiger partial charge in [-0.15, -0.1) is 0 Å². The van der Waals surface area contributed by atoms with E-state index in [1.165, 1.54) is 6.92 Å². The lowest BCUT2D eigenvalue weighted by Gasteiger charge is -2.60. The van der Waals surface area contributed by atoms with Crippen molar-refractivity contribution in [2.75, 3.05) is 6.61 Å². The zero-order chi connectivity index (χ0) is 33.3. The van der Waals surface area contributed by atoms with Crippen LogP contribution in [0.5, 0.6) is 0 Å². The van der Waals surface area contributed by atoms with Crippen LogP contribution < -0.4 is 10.6 Å². The first-order valence-electron chi connectivity index (χ1n) is 16.2. The van der Waals surface area contributed by atoms with Gasteiger partial charge < -0.3 is 30.7 Å². The highest BCUT2D eigenvalue weighted by Gasteiger charge is 2.68. The molecule has 0 heterocycles. The molecular weight excluding hydrogens is 584 g/mol. The molecule has 3 saturated carbocycles. The third kappa shape index (κ3) is 6.58. The molecule has 4 aliphatic carbocycles. The van der Waals surface area contributed by atoms with Crippen LogP contribution in [0.3, 0.4) is 0 Å². The average Bonchev–Trinajstić information content (AvgIpc) is 3.25. The first-order valence-corrected chi connectivity index (χ1v) is 16.2. The van der Waals surface area contributed by atoms with Crippen LogP contribution >= 0.6 is 0 Å². The fraction of sp³-hybridized carbons (Fsp3) is 0.758. The van der Waals surface area contributed by atoms with Crippen LogP contribution in [0.1, 0.15) is 98.3 Å². The van der Waals surface area contributed by atoms with Crippen molar-refractivity contribution in [1.29, 1.82) is 0 Å². The Balaban J connectivity index is 1.30. The van der Waals surface area contributed by atoms with Gasteiger partial charge in [0, 0.05) is 18.3 Å². The summed E-state index contributed by atoms with van der Waals surface area (Å²) >= 11 is 0. The summed E-state index contributed by atoms with van der Waals surface area (Å²) in [7, 11) is 0. The Labute approximate surface area is 263 Å². The monoisotopic (exact) mass is 632 g/mol. The smallest absolute Gasteiger partial charge is 0.326 e. The molecule has 0 aromatic carbocycles. The summed E-state index contributed by atoms with van der Waals surface area (Å²) in [5.41, 5.74) is -1.88. The van der Waals surface area contributed by atoms with Crippen molar-refractivity contribution in [3.8, 4) is 0 Å². The van der Waals surface area contributed by atoms with E-state index in [9.17, 15) is 44.1 Å². The van der Waals surface area contributed by atoms with Crippen LogP contribution in [-0.2, 0) is 33.5 Å². The highest BCUT2D eigenvalue weighted by Crippen LogP contribution is 2.67. The molecule has 0 aromatic heterocycles. The fourth-order valence-corrected chi connectivity index (χ4v) is 8.93. The van der Waals surface area contributed by atoms with Crippen molar-refractivity contribution >= 4 is 35.3 Å². The van der Waals surface area contributed by atoms with Gasteiger partial charge in [0.1, 0.15) is 17.7 Å². The third-order valence-electron chi connectivity index (χ3n) is 11.4. The number of ether oxygens (including phenoxy) is 1. The Morgan fingerprint density at radius 2 is 1.78 bits per heavy atom. The van der Waals surface area contributed by atoms with Gasteiger partial charge in [0.05, 0.1) is 12.5 Å². The number of aliphatic hydroxyl groups excluding tert-OH is 1. The van der Waals surface area contributed by atoms with Gasteiger partial charge in [-0.25, -0.2) is 4.79 Å². The van der Waals surface area contributed by atoms with E-state index in [-0.39, 0.29) is 61.1 Å². The van der Waals surface area contributed by atoms with Crippen molar-refractivity contribution < 1.29 is 48.8 Å². The molecule has 0 radical (unpaired) electrons. The number of carboxylic acid groups (broad SMARTS) is 1. The number of hydrogen-bond acceptors (Lipinski definition) is 9. The van der Waals surface area contributed by atoms with Crippen molar-refractivity contribution in [2.45, 2.75) is 122 Å². The largest absolute Gasteiger partial charge is 0.480 e. The maximum atomic E-state index is 13.4. The Hall–Kier alpha value is -3.12. The number of carbonyl (C=O) groups excluding carboxylic acids is 5. The molecule has 0 unspecified atom stereocenters. The Morgan fingerprint density at radius 3 is 2.44 bits per heavy atom. The number of nitrogens with one attached hydrogen (secondary N) is 2. The quantitative estimate of drug-likeness (QED) is 0.198. The number of esters is 1. The fourth-order valence-electron chi connectivity index (χ4n) is 8.93. The maximum Gasteiger partial charge on any atom is 0.326 e. The number of aliphatic hydroxyl groups is 2.